The highest BCUT2D eigenvalue weighted by molar-refractivity contribution is 7.92. The average molecular weight is 494 g/mol. The van der Waals surface area contributed by atoms with Crippen LogP contribution in [-0.2, 0) is 16.4 Å². The molecule has 35 heavy (non-hydrogen) atoms. The summed E-state index contributed by atoms with van der Waals surface area (Å²) in [7, 11) is -1.64. The third kappa shape index (κ3) is 4.55. The van der Waals surface area contributed by atoms with Crippen LogP contribution in [0.2, 0.25) is 0 Å². The van der Waals surface area contributed by atoms with Crippen LogP contribution in [0.5, 0.6) is 0 Å². The molecular formula is C24H27N7O3S. The minimum absolute atomic E-state index is 0.0738. The van der Waals surface area contributed by atoms with Gasteiger partial charge in [-0.25, -0.2) is 18.4 Å². The van der Waals surface area contributed by atoms with Gasteiger partial charge in [-0.2, -0.15) is 0 Å². The minimum Gasteiger partial charge on any atom is -0.398 e. The molecule has 0 unspecified atom stereocenters. The normalized spacial score (nSPS) is 11.8. The number of anilines is 3. The molecule has 0 spiro atoms. The maximum Gasteiger partial charge on any atom is 0.212 e. The van der Waals surface area contributed by atoms with Crippen molar-refractivity contribution < 1.29 is 12.9 Å². The van der Waals surface area contributed by atoms with E-state index in [9.17, 15) is 8.42 Å². The fraction of sp³-hybridized carbons (Fsp3) is 0.208. The predicted molar refractivity (Wildman–Crippen MR) is 137 cm³/mol. The molecule has 0 fully saturated rings. The lowest BCUT2D eigenvalue weighted by Crippen LogP contribution is -2.15. The van der Waals surface area contributed by atoms with Crippen molar-refractivity contribution in [2.75, 3.05) is 24.2 Å². The van der Waals surface area contributed by atoms with Crippen molar-refractivity contribution in [3.05, 3.63) is 54.2 Å². The van der Waals surface area contributed by atoms with E-state index in [1.807, 2.05) is 31.3 Å². The summed E-state index contributed by atoms with van der Waals surface area (Å²) in [5.41, 5.74) is 22.5. The molecule has 4 aromatic rings. The van der Waals surface area contributed by atoms with Crippen LogP contribution in [0.1, 0.15) is 19.4 Å². The van der Waals surface area contributed by atoms with Gasteiger partial charge in [0.2, 0.25) is 5.76 Å². The van der Waals surface area contributed by atoms with Gasteiger partial charge in [-0.15, -0.1) is 0 Å². The van der Waals surface area contributed by atoms with Gasteiger partial charge in [0.05, 0.1) is 27.7 Å². The molecule has 0 aliphatic rings. The van der Waals surface area contributed by atoms with Gasteiger partial charge in [-0.3, -0.25) is 0 Å². The van der Waals surface area contributed by atoms with E-state index in [1.165, 1.54) is 12.3 Å². The number of nitrogens with two attached hydrogens (primary N) is 3. The van der Waals surface area contributed by atoms with Crippen molar-refractivity contribution in [3.63, 3.8) is 0 Å². The van der Waals surface area contributed by atoms with Crippen LogP contribution in [0.3, 0.4) is 0 Å². The number of nitrogens with zero attached hydrogens (tertiary/aromatic N) is 3. The smallest absolute Gasteiger partial charge is 0.212 e. The number of nitrogen functional groups attached to an aromatic ring is 3. The molecular weight excluding hydrogens is 466 g/mol. The minimum atomic E-state index is -3.52. The quantitative estimate of drug-likeness (QED) is 0.280. The van der Waals surface area contributed by atoms with Crippen LogP contribution in [0.15, 0.2) is 58.1 Å². The first-order valence-electron chi connectivity index (χ1n) is 10.9. The predicted octanol–water partition coefficient (Wildman–Crippen LogP) is 3.11. The van der Waals surface area contributed by atoms with Crippen LogP contribution < -0.4 is 22.5 Å². The van der Waals surface area contributed by atoms with Gasteiger partial charge in [0.1, 0.15) is 11.4 Å². The highest BCUT2D eigenvalue weighted by Gasteiger charge is 2.24. The maximum atomic E-state index is 12.5. The van der Waals surface area contributed by atoms with E-state index in [1.54, 1.807) is 26.0 Å². The second kappa shape index (κ2) is 9.35. The third-order valence-corrected chi connectivity index (χ3v) is 7.81. The highest BCUT2D eigenvalue weighted by Crippen LogP contribution is 2.37. The largest absolute Gasteiger partial charge is 0.398 e. The molecule has 0 aliphatic heterocycles. The number of hydrogen-bond donors (Lipinski definition) is 4. The average Bonchev–Trinajstić information content (AvgIpc) is 3.20. The summed E-state index contributed by atoms with van der Waals surface area (Å²) in [6, 6.07) is 12.4. The summed E-state index contributed by atoms with van der Waals surface area (Å²) >= 11 is 0. The van der Waals surface area contributed by atoms with E-state index in [0.717, 1.165) is 17.7 Å². The van der Waals surface area contributed by atoms with E-state index in [0.29, 0.717) is 17.0 Å². The number of hydrogen-bond acceptors (Lipinski definition) is 10. The van der Waals surface area contributed by atoms with Crippen LogP contribution in [0, 0.1) is 0 Å². The van der Waals surface area contributed by atoms with Crippen molar-refractivity contribution in [2.45, 2.75) is 30.5 Å². The van der Waals surface area contributed by atoms with Gasteiger partial charge in [0.15, 0.2) is 21.3 Å². The van der Waals surface area contributed by atoms with Crippen molar-refractivity contribution in [2.24, 2.45) is 0 Å². The van der Waals surface area contributed by atoms with E-state index < -0.39 is 15.1 Å². The molecule has 0 amide bonds. The molecule has 0 radical (unpaired) electrons. The number of aromatic nitrogens is 3. The molecule has 0 saturated carbocycles. The molecule has 2 aromatic heterocycles. The van der Waals surface area contributed by atoms with Crippen LogP contribution in [0.25, 0.3) is 34.0 Å². The summed E-state index contributed by atoms with van der Waals surface area (Å²) in [6.45, 7) is 3.95. The van der Waals surface area contributed by atoms with Crippen LogP contribution >= 0.6 is 0 Å². The summed E-state index contributed by atoms with van der Waals surface area (Å²) in [5, 5.41) is 6.63. The van der Waals surface area contributed by atoms with E-state index in [4.69, 9.17) is 21.7 Å². The second-order valence-corrected chi connectivity index (χ2v) is 10.8. The lowest BCUT2D eigenvalue weighted by Gasteiger charge is -2.12. The van der Waals surface area contributed by atoms with Gasteiger partial charge in [-0.05, 0) is 38.6 Å². The van der Waals surface area contributed by atoms with Gasteiger partial charge in [0, 0.05) is 17.7 Å². The van der Waals surface area contributed by atoms with Crippen molar-refractivity contribution >= 4 is 27.0 Å². The zero-order chi connectivity index (χ0) is 25.3. The molecule has 0 aliphatic carbocycles. The number of sulfone groups is 1. The summed E-state index contributed by atoms with van der Waals surface area (Å²) in [5.74, 6) is 0.303. The van der Waals surface area contributed by atoms with Crippen molar-refractivity contribution in [1.29, 1.82) is 0 Å². The monoisotopic (exact) mass is 493 g/mol. The second-order valence-electron chi connectivity index (χ2n) is 8.34. The van der Waals surface area contributed by atoms with Crippen LogP contribution in [-0.4, -0.2) is 35.8 Å². The van der Waals surface area contributed by atoms with E-state index in [2.05, 4.69) is 20.4 Å². The summed E-state index contributed by atoms with van der Waals surface area (Å²) < 4.78 is 30.6. The lowest BCUT2D eigenvalue weighted by molar-refractivity contribution is 0.434. The Balaban J connectivity index is 1.72. The Labute approximate surface area is 203 Å². The molecule has 2 aromatic carbocycles. The topological polar surface area (TPSA) is 176 Å². The van der Waals surface area contributed by atoms with E-state index >= 15 is 0 Å². The lowest BCUT2D eigenvalue weighted by atomic mass is 10.1. The first-order valence-corrected chi connectivity index (χ1v) is 12.4. The SMILES string of the molecule is CNCc1ccc(-c2noc(-c3nc(-c4ccc(S(=O)(=O)C(C)C)c(N)c4)cnc3N)c2N)cc1. The first kappa shape index (κ1) is 24.2. The molecule has 11 heteroatoms. The molecule has 0 atom stereocenters. The zero-order valence-corrected chi connectivity index (χ0v) is 20.4. The molecule has 10 nitrogen and oxygen atoms in total. The molecule has 7 N–H and O–H groups in total. The van der Waals surface area contributed by atoms with Crippen molar-refractivity contribution in [3.8, 4) is 34.0 Å². The summed E-state index contributed by atoms with van der Waals surface area (Å²) in [6.07, 6.45) is 1.47. The number of rotatable bonds is 7. The third-order valence-electron chi connectivity index (χ3n) is 5.58. The van der Waals surface area contributed by atoms with Gasteiger partial charge < -0.3 is 27.0 Å². The Morgan fingerprint density at radius 2 is 1.69 bits per heavy atom. The maximum absolute atomic E-state index is 12.5. The van der Waals surface area contributed by atoms with Crippen LogP contribution in [0.4, 0.5) is 17.2 Å². The molecule has 182 valence electrons. The Morgan fingerprint density at radius 3 is 2.31 bits per heavy atom. The van der Waals surface area contributed by atoms with Gasteiger partial charge in [-0.1, -0.05) is 35.5 Å². The molecule has 0 bridgehead atoms. The standard InChI is InChI=1S/C24H27N7O3S/c1-13(2)35(32,33)19-9-8-16(10-17(19)25)18-12-29-24(27)22(30-18)23-20(26)21(31-34-23)15-6-4-14(5-7-15)11-28-3/h4-10,12-13,28H,11,25-26H2,1-3H3,(H2,27,29). The first-order chi connectivity index (χ1) is 16.6. The highest BCUT2D eigenvalue weighted by atomic mass is 32.2. The molecule has 4 rings (SSSR count). The Morgan fingerprint density at radius 1 is 1.00 bits per heavy atom. The van der Waals surface area contributed by atoms with E-state index in [-0.39, 0.29) is 33.5 Å². The number of nitrogens with one attached hydrogen (secondary N) is 1. The number of benzene rings is 2. The van der Waals surface area contributed by atoms with Gasteiger partial charge >= 0.3 is 0 Å². The van der Waals surface area contributed by atoms with Crippen molar-refractivity contribution in [1.82, 2.24) is 20.4 Å². The Hall–Kier alpha value is -3.96. The zero-order valence-electron chi connectivity index (χ0n) is 19.6. The molecule has 0 saturated heterocycles. The molecule has 2 heterocycles. The van der Waals surface area contributed by atoms with Gasteiger partial charge in [0.25, 0.3) is 0 Å². The summed E-state index contributed by atoms with van der Waals surface area (Å²) in [4.78, 5) is 8.87. The Bertz CT molecular complexity index is 1480. The fourth-order valence-electron chi connectivity index (χ4n) is 3.59. The Kier molecular flexibility index (Phi) is 6.46. The fourth-order valence-corrected chi connectivity index (χ4v) is 4.74.